The molecule has 17 heavy (non-hydrogen) atoms. The van der Waals surface area contributed by atoms with Gasteiger partial charge in [0.05, 0.1) is 6.10 Å². The zero-order valence-electron chi connectivity index (χ0n) is 8.94. The van der Waals surface area contributed by atoms with Gasteiger partial charge >= 0.3 is 0 Å². The molecular formula is C9H12F2N2O3S. The summed E-state index contributed by atoms with van der Waals surface area (Å²) in [6, 6.07) is 1.49. The lowest BCUT2D eigenvalue weighted by Crippen LogP contribution is -2.31. The minimum atomic E-state index is -4.24. The molecule has 96 valence electrons. The molecule has 0 amide bonds. The number of nitrogens with two attached hydrogens (primary N) is 1. The summed E-state index contributed by atoms with van der Waals surface area (Å²) in [5, 5.41) is 8.92. The van der Waals surface area contributed by atoms with Crippen molar-refractivity contribution in [2.24, 2.45) is 0 Å². The van der Waals surface area contributed by atoms with E-state index in [0.717, 1.165) is 6.07 Å². The number of aliphatic hydroxyl groups is 1. The molecule has 8 heteroatoms. The standard InChI is InChI=1S/C9H12F2N2O3S/c1-5(14)4-13-17(15,16)8-3-6(12)2-7(10)9(8)11/h2-3,5,13-14H,4,12H2,1H3. The van der Waals surface area contributed by atoms with Gasteiger partial charge in [-0.25, -0.2) is 21.9 Å². The lowest BCUT2D eigenvalue weighted by Gasteiger charge is -2.10. The SMILES string of the molecule is CC(O)CNS(=O)(=O)c1cc(N)cc(F)c1F. The van der Waals surface area contributed by atoms with Crippen LogP contribution in [0.15, 0.2) is 17.0 Å². The van der Waals surface area contributed by atoms with Crippen molar-refractivity contribution in [3.8, 4) is 0 Å². The van der Waals surface area contributed by atoms with Gasteiger partial charge in [-0.2, -0.15) is 0 Å². The Morgan fingerprint density at radius 1 is 1.47 bits per heavy atom. The summed E-state index contributed by atoms with van der Waals surface area (Å²) >= 11 is 0. The molecule has 0 aliphatic rings. The number of hydrogen-bond acceptors (Lipinski definition) is 4. The molecule has 0 heterocycles. The molecule has 0 aromatic heterocycles. The second-order valence-electron chi connectivity index (χ2n) is 3.52. The highest BCUT2D eigenvalue weighted by Gasteiger charge is 2.22. The number of rotatable bonds is 4. The maximum Gasteiger partial charge on any atom is 0.243 e. The van der Waals surface area contributed by atoms with Gasteiger partial charge in [-0.05, 0) is 19.1 Å². The van der Waals surface area contributed by atoms with E-state index in [2.05, 4.69) is 0 Å². The molecule has 1 unspecified atom stereocenters. The summed E-state index contributed by atoms with van der Waals surface area (Å²) in [5.41, 5.74) is 5.03. The Morgan fingerprint density at radius 3 is 2.59 bits per heavy atom. The number of sulfonamides is 1. The minimum absolute atomic E-state index is 0.207. The van der Waals surface area contributed by atoms with Gasteiger partial charge in [0.15, 0.2) is 11.6 Å². The molecular weight excluding hydrogens is 254 g/mol. The monoisotopic (exact) mass is 266 g/mol. The number of halogens is 2. The average Bonchev–Trinajstić information content (AvgIpc) is 2.20. The smallest absolute Gasteiger partial charge is 0.243 e. The molecule has 4 N–H and O–H groups in total. The van der Waals surface area contributed by atoms with Crippen LogP contribution < -0.4 is 10.5 Å². The molecule has 1 aromatic carbocycles. The van der Waals surface area contributed by atoms with E-state index in [4.69, 9.17) is 10.8 Å². The molecule has 1 aromatic rings. The highest BCUT2D eigenvalue weighted by Crippen LogP contribution is 2.20. The van der Waals surface area contributed by atoms with Gasteiger partial charge < -0.3 is 10.8 Å². The van der Waals surface area contributed by atoms with Crippen LogP contribution in [-0.4, -0.2) is 26.2 Å². The van der Waals surface area contributed by atoms with E-state index >= 15 is 0 Å². The van der Waals surface area contributed by atoms with E-state index in [0.29, 0.717) is 6.07 Å². The molecule has 0 fully saturated rings. The number of hydrogen-bond donors (Lipinski definition) is 3. The number of aliphatic hydroxyl groups excluding tert-OH is 1. The summed E-state index contributed by atoms with van der Waals surface area (Å²) in [6.45, 7) is 1.04. The third kappa shape index (κ3) is 3.35. The van der Waals surface area contributed by atoms with Gasteiger partial charge in [0.25, 0.3) is 0 Å². The first-order valence-corrected chi connectivity index (χ1v) is 6.14. The van der Waals surface area contributed by atoms with Crippen LogP contribution in [0.1, 0.15) is 6.92 Å². The first-order chi connectivity index (χ1) is 7.74. The molecule has 0 saturated carbocycles. The van der Waals surface area contributed by atoms with Crippen LogP contribution in [0.2, 0.25) is 0 Å². The number of nitrogens with one attached hydrogen (secondary N) is 1. The van der Waals surface area contributed by atoms with Crippen LogP contribution in [-0.2, 0) is 10.0 Å². The quantitative estimate of drug-likeness (QED) is 0.679. The molecule has 5 nitrogen and oxygen atoms in total. The molecule has 1 atom stereocenters. The number of benzene rings is 1. The van der Waals surface area contributed by atoms with Crippen molar-refractivity contribution in [2.75, 3.05) is 12.3 Å². The van der Waals surface area contributed by atoms with E-state index in [1.807, 2.05) is 4.72 Å². The maximum atomic E-state index is 13.3. The van der Waals surface area contributed by atoms with Crippen LogP contribution in [0.25, 0.3) is 0 Å². The molecule has 0 spiro atoms. The van der Waals surface area contributed by atoms with Crippen molar-refractivity contribution in [1.82, 2.24) is 4.72 Å². The van der Waals surface area contributed by atoms with Crippen LogP contribution in [0.3, 0.4) is 0 Å². The predicted octanol–water partition coefficient (Wildman–Crippen LogP) is 0.206. The molecule has 0 radical (unpaired) electrons. The highest BCUT2D eigenvalue weighted by atomic mass is 32.2. The second kappa shape index (κ2) is 4.94. The first kappa shape index (κ1) is 13.8. The van der Waals surface area contributed by atoms with Crippen molar-refractivity contribution < 1.29 is 22.3 Å². The largest absolute Gasteiger partial charge is 0.399 e. The molecule has 0 saturated heterocycles. The Bertz CT molecular complexity index is 517. The van der Waals surface area contributed by atoms with Crippen molar-refractivity contribution in [3.63, 3.8) is 0 Å². The molecule has 1 rings (SSSR count). The Hall–Kier alpha value is -1.25. The van der Waals surface area contributed by atoms with Crippen molar-refractivity contribution in [3.05, 3.63) is 23.8 Å². The van der Waals surface area contributed by atoms with Crippen molar-refractivity contribution in [1.29, 1.82) is 0 Å². The highest BCUT2D eigenvalue weighted by molar-refractivity contribution is 7.89. The Balaban J connectivity index is 3.15. The third-order valence-corrected chi connectivity index (χ3v) is 3.30. The molecule has 0 bridgehead atoms. The van der Waals surface area contributed by atoms with Crippen molar-refractivity contribution in [2.45, 2.75) is 17.9 Å². The summed E-state index contributed by atoms with van der Waals surface area (Å²) in [5.74, 6) is -2.85. The van der Waals surface area contributed by atoms with Crippen molar-refractivity contribution >= 4 is 15.7 Å². The number of anilines is 1. The van der Waals surface area contributed by atoms with E-state index in [-0.39, 0.29) is 12.2 Å². The first-order valence-electron chi connectivity index (χ1n) is 4.66. The summed E-state index contributed by atoms with van der Waals surface area (Å²) in [6.07, 6.45) is -0.946. The van der Waals surface area contributed by atoms with E-state index in [1.54, 1.807) is 0 Å². The minimum Gasteiger partial charge on any atom is -0.399 e. The van der Waals surface area contributed by atoms with Gasteiger partial charge in [0, 0.05) is 12.2 Å². The summed E-state index contributed by atoms with van der Waals surface area (Å²) < 4.78 is 51.3. The van der Waals surface area contributed by atoms with E-state index < -0.39 is 32.7 Å². The zero-order chi connectivity index (χ0) is 13.2. The second-order valence-corrected chi connectivity index (χ2v) is 5.25. The van der Waals surface area contributed by atoms with Gasteiger partial charge in [0.2, 0.25) is 10.0 Å². The Kier molecular flexibility index (Phi) is 4.02. The normalized spacial score (nSPS) is 13.6. The van der Waals surface area contributed by atoms with E-state index in [1.165, 1.54) is 6.92 Å². The fourth-order valence-corrected chi connectivity index (χ4v) is 2.33. The lowest BCUT2D eigenvalue weighted by atomic mass is 10.3. The fourth-order valence-electron chi connectivity index (χ4n) is 1.09. The molecule has 0 aliphatic carbocycles. The van der Waals surface area contributed by atoms with Gasteiger partial charge in [-0.1, -0.05) is 0 Å². The zero-order valence-corrected chi connectivity index (χ0v) is 9.76. The van der Waals surface area contributed by atoms with Gasteiger partial charge in [0.1, 0.15) is 4.90 Å². The van der Waals surface area contributed by atoms with Crippen LogP contribution in [0, 0.1) is 11.6 Å². The van der Waals surface area contributed by atoms with Crippen LogP contribution >= 0.6 is 0 Å². The predicted molar refractivity (Wildman–Crippen MR) is 57.6 cm³/mol. The summed E-state index contributed by atoms with van der Waals surface area (Å²) in [7, 11) is -4.24. The van der Waals surface area contributed by atoms with Gasteiger partial charge in [-0.15, -0.1) is 0 Å². The third-order valence-electron chi connectivity index (χ3n) is 1.88. The summed E-state index contributed by atoms with van der Waals surface area (Å²) in [4.78, 5) is -0.879. The van der Waals surface area contributed by atoms with E-state index in [9.17, 15) is 17.2 Å². The maximum absolute atomic E-state index is 13.3. The topological polar surface area (TPSA) is 92.4 Å². The fraction of sp³-hybridized carbons (Fsp3) is 0.333. The Morgan fingerprint density at radius 2 is 2.06 bits per heavy atom. The van der Waals surface area contributed by atoms with Crippen LogP contribution in [0.5, 0.6) is 0 Å². The lowest BCUT2D eigenvalue weighted by molar-refractivity contribution is 0.198. The van der Waals surface area contributed by atoms with Crippen LogP contribution in [0.4, 0.5) is 14.5 Å². The molecule has 0 aliphatic heterocycles. The van der Waals surface area contributed by atoms with Gasteiger partial charge in [-0.3, -0.25) is 0 Å². The Labute approximate surface area is 97.3 Å². The number of nitrogen functional groups attached to an aromatic ring is 1. The average molecular weight is 266 g/mol.